The summed E-state index contributed by atoms with van der Waals surface area (Å²) in [6, 6.07) is 4.84. The molecule has 102 valence electrons. The molecule has 0 amide bonds. The molecule has 1 heterocycles. The van der Waals surface area contributed by atoms with E-state index < -0.39 is 15.8 Å². The number of para-hydroxylation sites is 1. The first-order valence-corrected chi connectivity index (χ1v) is 7.64. The van der Waals surface area contributed by atoms with Gasteiger partial charge in [-0.3, -0.25) is 4.79 Å². The quantitative estimate of drug-likeness (QED) is 0.847. The number of nitrogens with zero attached hydrogens (tertiary/aromatic N) is 1. The second-order valence-electron chi connectivity index (χ2n) is 4.09. The fraction of sp³-hybridized carbons (Fsp3) is 0.333. The van der Waals surface area contributed by atoms with Gasteiger partial charge >= 0.3 is 5.97 Å². The van der Waals surface area contributed by atoms with Gasteiger partial charge in [0.25, 0.3) is 0 Å². The van der Waals surface area contributed by atoms with Crippen molar-refractivity contribution < 1.29 is 17.9 Å². The number of benzene rings is 1. The fourth-order valence-electron chi connectivity index (χ4n) is 1.79. The summed E-state index contributed by atoms with van der Waals surface area (Å²) in [7, 11) is -3.35. The van der Waals surface area contributed by atoms with Crippen molar-refractivity contribution in [1.29, 1.82) is 0 Å². The van der Waals surface area contributed by atoms with E-state index in [2.05, 4.69) is 9.97 Å². The van der Waals surface area contributed by atoms with Crippen LogP contribution < -0.4 is 0 Å². The Hall–Kier alpha value is -1.89. The van der Waals surface area contributed by atoms with Gasteiger partial charge < -0.3 is 9.72 Å². The van der Waals surface area contributed by atoms with Crippen LogP contribution in [0.25, 0.3) is 11.0 Å². The van der Waals surface area contributed by atoms with E-state index in [0.717, 1.165) is 6.26 Å². The van der Waals surface area contributed by atoms with Crippen molar-refractivity contribution >= 4 is 26.8 Å². The molecule has 0 saturated carbocycles. The summed E-state index contributed by atoms with van der Waals surface area (Å²) < 4.78 is 28.1. The van der Waals surface area contributed by atoms with E-state index in [1.54, 1.807) is 19.1 Å². The van der Waals surface area contributed by atoms with Crippen LogP contribution in [0.2, 0.25) is 0 Å². The molecule has 1 N–H and O–H groups in total. The van der Waals surface area contributed by atoms with Crippen LogP contribution in [0.1, 0.15) is 12.7 Å². The number of aromatic amines is 1. The topological polar surface area (TPSA) is 89.1 Å². The molecule has 0 spiro atoms. The van der Waals surface area contributed by atoms with E-state index in [9.17, 15) is 13.2 Å². The minimum Gasteiger partial charge on any atom is -0.466 e. The molecule has 2 rings (SSSR count). The Bertz CT molecular complexity index is 718. The van der Waals surface area contributed by atoms with Gasteiger partial charge in [-0.2, -0.15) is 0 Å². The first kappa shape index (κ1) is 13.5. The third-order valence-electron chi connectivity index (χ3n) is 2.54. The molecule has 0 radical (unpaired) electrons. The van der Waals surface area contributed by atoms with Gasteiger partial charge in [0, 0.05) is 6.26 Å². The first-order chi connectivity index (χ1) is 8.91. The number of nitrogens with one attached hydrogen (secondary N) is 1. The average molecular weight is 282 g/mol. The van der Waals surface area contributed by atoms with Crippen LogP contribution in [0.5, 0.6) is 0 Å². The van der Waals surface area contributed by atoms with Crippen molar-refractivity contribution in [2.45, 2.75) is 18.2 Å². The van der Waals surface area contributed by atoms with Gasteiger partial charge in [0.1, 0.15) is 17.8 Å². The molecular formula is C12H14N2O4S. The lowest BCUT2D eigenvalue weighted by molar-refractivity contribution is -0.142. The number of H-pyrrole nitrogens is 1. The number of rotatable bonds is 4. The number of sulfone groups is 1. The molecule has 1 aromatic carbocycles. The molecule has 0 unspecified atom stereocenters. The lowest BCUT2D eigenvalue weighted by atomic mass is 10.3. The highest BCUT2D eigenvalue weighted by atomic mass is 32.2. The van der Waals surface area contributed by atoms with Crippen LogP contribution in [-0.4, -0.2) is 37.2 Å². The number of fused-ring (bicyclic) bond motifs is 1. The molecule has 0 bridgehead atoms. The first-order valence-electron chi connectivity index (χ1n) is 5.75. The third kappa shape index (κ3) is 2.93. The number of carbonyl (C=O) groups excluding carboxylic acids is 1. The number of esters is 1. The zero-order valence-electron chi connectivity index (χ0n) is 10.6. The van der Waals surface area contributed by atoms with Gasteiger partial charge in [0.15, 0.2) is 9.84 Å². The Morgan fingerprint density at radius 2 is 2.16 bits per heavy atom. The van der Waals surface area contributed by atoms with E-state index in [4.69, 9.17) is 4.74 Å². The Labute approximate surface area is 110 Å². The second-order valence-corrected chi connectivity index (χ2v) is 6.07. The summed E-state index contributed by atoms with van der Waals surface area (Å²) >= 11 is 0. The van der Waals surface area contributed by atoms with Crippen molar-refractivity contribution in [2.24, 2.45) is 0 Å². The normalized spacial score (nSPS) is 11.7. The van der Waals surface area contributed by atoms with Gasteiger partial charge in [0.2, 0.25) is 0 Å². The molecule has 0 fully saturated rings. The van der Waals surface area contributed by atoms with Crippen LogP contribution in [0.4, 0.5) is 0 Å². The Morgan fingerprint density at radius 1 is 1.42 bits per heavy atom. The predicted octanol–water partition coefficient (Wildman–Crippen LogP) is 1.07. The Balaban J connectivity index is 2.44. The summed E-state index contributed by atoms with van der Waals surface area (Å²) in [4.78, 5) is 18.6. The van der Waals surface area contributed by atoms with Gasteiger partial charge in [-0.1, -0.05) is 6.07 Å². The van der Waals surface area contributed by atoms with Crippen LogP contribution in [-0.2, 0) is 25.8 Å². The Morgan fingerprint density at radius 3 is 2.79 bits per heavy atom. The zero-order valence-corrected chi connectivity index (χ0v) is 11.5. The number of carbonyl (C=O) groups is 1. The molecule has 6 nitrogen and oxygen atoms in total. The second kappa shape index (κ2) is 5.00. The standard InChI is InChI=1S/C12H14N2O4S/c1-3-18-11(15)7-10-13-8-5-4-6-9(12(8)14-10)19(2,16)17/h4-6H,3,7H2,1-2H3,(H,13,14). The lowest BCUT2D eigenvalue weighted by Crippen LogP contribution is -2.08. The van der Waals surface area contributed by atoms with Crippen LogP contribution >= 0.6 is 0 Å². The van der Waals surface area contributed by atoms with E-state index in [-0.39, 0.29) is 11.3 Å². The zero-order chi connectivity index (χ0) is 14.0. The SMILES string of the molecule is CCOC(=O)Cc1nc2c(S(C)(=O)=O)cccc2[nH]1. The molecule has 0 atom stereocenters. The highest BCUT2D eigenvalue weighted by Crippen LogP contribution is 2.21. The Kier molecular flexibility index (Phi) is 3.57. The molecule has 0 aliphatic carbocycles. The summed E-state index contributed by atoms with van der Waals surface area (Å²) in [5.41, 5.74) is 0.937. The van der Waals surface area contributed by atoms with Crippen molar-refractivity contribution in [2.75, 3.05) is 12.9 Å². The van der Waals surface area contributed by atoms with Crippen LogP contribution in [0, 0.1) is 0 Å². The molecule has 7 heteroatoms. The number of hydrogen-bond donors (Lipinski definition) is 1. The number of imidazole rings is 1. The minimum absolute atomic E-state index is 0.00821. The van der Waals surface area contributed by atoms with Crippen molar-refractivity contribution in [3.8, 4) is 0 Å². The summed E-state index contributed by atoms with van der Waals surface area (Å²) in [5, 5.41) is 0. The minimum atomic E-state index is -3.35. The van der Waals surface area contributed by atoms with Crippen LogP contribution in [0.15, 0.2) is 23.1 Å². The summed E-state index contributed by atoms with van der Waals surface area (Å²) in [6.45, 7) is 2.02. The number of ether oxygens (including phenoxy) is 1. The number of aromatic nitrogens is 2. The molecule has 0 aliphatic heterocycles. The third-order valence-corrected chi connectivity index (χ3v) is 3.67. The average Bonchev–Trinajstić information content (AvgIpc) is 2.69. The molecule has 0 aliphatic rings. The maximum atomic E-state index is 11.6. The summed E-state index contributed by atoms with van der Waals surface area (Å²) in [6.07, 6.45) is 1.12. The highest BCUT2D eigenvalue weighted by Gasteiger charge is 2.16. The van der Waals surface area contributed by atoms with Crippen molar-refractivity contribution in [3.05, 3.63) is 24.0 Å². The summed E-state index contributed by atoms with van der Waals surface area (Å²) in [5.74, 6) is -0.00740. The van der Waals surface area contributed by atoms with Gasteiger partial charge in [-0.15, -0.1) is 0 Å². The van der Waals surface area contributed by atoms with E-state index in [1.165, 1.54) is 6.07 Å². The smallest absolute Gasteiger partial charge is 0.313 e. The van der Waals surface area contributed by atoms with E-state index in [1.807, 2.05) is 0 Å². The van der Waals surface area contributed by atoms with Crippen LogP contribution in [0.3, 0.4) is 0 Å². The maximum Gasteiger partial charge on any atom is 0.313 e. The van der Waals surface area contributed by atoms with Gasteiger partial charge in [-0.25, -0.2) is 13.4 Å². The molecular weight excluding hydrogens is 268 g/mol. The molecule has 0 saturated heterocycles. The van der Waals surface area contributed by atoms with Gasteiger partial charge in [-0.05, 0) is 19.1 Å². The molecule has 2 aromatic rings. The molecule has 1 aromatic heterocycles. The van der Waals surface area contributed by atoms with E-state index >= 15 is 0 Å². The van der Waals surface area contributed by atoms with E-state index in [0.29, 0.717) is 23.5 Å². The molecule has 19 heavy (non-hydrogen) atoms. The maximum absolute atomic E-state index is 11.6. The predicted molar refractivity (Wildman–Crippen MR) is 69.5 cm³/mol. The highest BCUT2D eigenvalue weighted by molar-refractivity contribution is 7.91. The lowest BCUT2D eigenvalue weighted by Gasteiger charge is -1.98. The monoisotopic (exact) mass is 282 g/mol. The number of hydrogen-bond acceptors (Lipinski definition) is 5. The van der Waals surface area contributed by atoms with Crippen molar-refractivity contribution in [3.63, 3.8) is 0 Å². The fourth-order valence-corrected chi connectivity index (χ4v) is 2.62. The van der Waals surface area contributed by atoms with Gasteiger partial charge in [0.05, 0.1) is 17.0 Å². The largest absolute Gasteiger partial charge is 0.466 e. The van der Waals surface area contributed by atoms with Crippen molar-refractivity contribution in [1.82, 2.24) is 9.97 Å².